The number of morpholine rings is 1. The van der Waals surface area contributed by atoms with Gasteiger partial charge in [-0.15, -0.1) is 0 Å². The SMILES string of the molecule is COc1nc(CNC(=O)c2cccc(N(C)C)c2)nc(N2CCOCC2)n1. The fourth-order valence-corrected chi connectivity index (χ4v) is 2.65. The van der Waals surface area contributed by atoms with Gasteiger partial charge in [0.05, 0.1) is 26.9 Å². The van der Waals surface area contributed by atoms with Gasteiger partial charge in [0.1, 0.15) is 0 Å². The molecule has 1 aliphatic rings. The van der Waals surface area contributed by atoms with E-state index in [-0.39, 0.29) is 18.5 Å². The second-order valence-corrected chi connectivity index (χ2v) is 6.27. The van der Waals surface area contributed by atoms with Gasteiger partial charge in [-0.2, -0.15) is 15.0 Å². The molecule has 144 valence electrons. The molecule has 27 heavy (non-hydrogen) atoms. The van der Waals surface area contributed by atoms with Crippen LogP contribution in [0.5, 0.6) is 6.01 Å². The molecule has 1 saturated heterocycles. The third-order valence-corrected chi connectivity index (χ3v) is 4.16. The third kappa shape index (κ3) is 4.82. The fraction of sp³-hybridized carbons (Fsp3) is 0.444. The summed E-state index contributed by atoms with van der Waals surface area (Å²) in [5.74, 6) is 0.787. The van der Waals surface area contributed by atoms with E-state index in [0.717, 1.165) is 5.69 Å². The zero-order valence-electron chi connectivity index (χ0n) is 15.8. The zero-order valence-corrected chi connectivity index (χ0v) is 15.8. The maximum atomic E-state index is 12.5. The Bertz CT molecular complexity index is 792. The molecule has 1 aliphatic heterocycles. The largest absolute Gasteiger partial charge is 0.467 e. The predicted molar refractivity (Wildman–Crippen MR) is 101 cm³/mol. The number of benzene rings is 1. The average molecular weight is 372 g/mol. The molecule has 3 rings (SSSR count). The Kier molecular flexibility index (Phi) is 6.02. The highest BCUT2D eigenvalue weighted by molar-refractivity contribution is 5.95. The summed E-state index contributed by atoms with van der Waals surface area (Å²) in [6, 6.07) is 7.64. The molecule has 9 nitrogen and oxygen atoms in total. The lowest BCUT2D eigenvalue weighted by molar-refractivity contribution is 0.0949. The van der Waals surface area contributed by atoms with Gasteiger partial charge < -0.3 is 24.6 Å². The van der Waals surface area contributed by atoms with Crippen LogP contribution < -0.4 is 19.9 Å². The molecule has 2 aromatic rings. The summed E-state index contributed by atoms with van der Waals surface area (Å²) < 4.78 is 10.5. The second kappa shape index (κ2) is 8.63. The molecule has 0 spiro atoms. The van der Waals surface area contributed by atoms with Crippen LogP contribution in [0.25, 0.3) is 0 Å². The van der Waals surface area contributed by atoms with Crippen LogP contribution in [0.15, 0.2) is 24.3 Å². The van der Waals surface area contributed by atoms with Crippen molar-refractivity contribution in [2.45, 2.75) is 6.54 Å². The topological polar surface area (TPSA) is 92.7 Å². The summed E-state index contributed by atoms with van der Waals surface area (Å²) in [5.41, 5.74) is 1.54. The smallest absolute Gasteiger partial charge is 0.321 e. The summed E-state index contributed by atoms with van der Waals surface area (Å²) in [6.07, 6.45) is 0. The first-order valence-corrected chi connectivity index (χ1v) is 8.74. The first kappa shape index (κ1) is 18.8. The van der Waals surface area contributed by atoms with E-state index in [2.05, 4.69) is 20.3 Å². The highest BCUT2D eigenvalue weighted by atomic mass is 16.5. The lowest BCUT2D eigenvalue weighted by Crippen LogP contribution is -2.37. The lowest BCUT2D eigenvalue weighted by Gasteiger charge is -2.26. The number of methoxy groups -OCH3 is 1. The standard InChI is InChI=1S/C18H24N6O3/c1-23(2)14-6-4-5-13(11-14)16(25)19-12-15-20-17(22-18(21-15)26-3)24-7-9-27-10-8-24/h4-6,11H,7-10,12H2,1-3H3,(H,19,25). The van der Waals surface area contributed by atoms with E-state index in [4.69, 9.17) is 9.47 Å². The Morgan fingerprint density at radius 3 is 2.74 bits per heavy atom. The molecule has 2 heterocycles. The molecule has 0 saturated carbocycles. The van der Waals surface area contributed by atoms with Crippen LogP contribution in [-0.4, -0.2) is 68.4 Å². The minimum Gasteiger partial charge on any atom is -0.467 e. The van der Waals surface area contributed by atoms with Gasteiger partial charge >= 0.3 is 6.01 Å². The second-order valence-electron chi connectivity index (χ2n) is 6.27. The number of carbonyl (C=O) groups is 1. The van der Waals surface area contributed by atoms with Gasteiger partial charge in [0, 0.05) is 38.4 Å². The first-order valence-electron chi connectivity index (χ1n) is 8.74. The van der Waals surface area contributed by atoms with Gasteiger partial charge in [-0.1, -0.05) is 6.07 Å². The zero-order chi connectivity index (χ0) is 19.2. The van der Waals surface area contributed by atoms with Gasteiger partial charge in [-0.05, 0) is 18.2 Å². The molecule has 1 N–H and O–H groups in total. The van der Waals surface area contributed by atoms with E-state index in [0.29, 0.717) is 43.6 Å². The summed E-state index contributed by atoms with van der Waals surface area (Å²) in [6.45, 7) is 2.85. The highest BCUT2D eigenvalue weighted by Gasteiger charge is 2.17. The Morgan fingerprint density at radius 2 is 2.04 bits per heavy atom. The number of nitrogens with zero attached hydrogens (tertiary/aromatic N) is 5. The number of hydrogen-bond donors (Lipinski definition) is 1. The number of ether oxygens (including phenoxy) is 2. The Balaban J connectivity index is 1.71. The molecule has 1 aromatic heterocycles. The normalized spacial score (nSPS) is 14.0. The molecule has 0 aliphatic carbocycles. The van der Waals surface area contributed by atoms with Gasteiger partial charge in [-0.3, -0.25) is 4.79 Å². The number of hydrogen-bond acceptors (Lipinski definition) is 8. The van der Waals surface area contributed by atoms with E-state index < -0.39 is 0 Å². The van der Waals surface area contributed by atoms with Crippen molar-refractivity contribution in [3.05, 3.63) is 35.7 Å². The molecule has 9 heteroatoms. The van der Waals surface area contributed by atoms with E-state index in [9.17, 15) is 4.79 Å². The van der Waals surface area contributed by atoms with Gasteiger partial charge in [-0.25, -0.2) is 0 Å². The maximum absolute atomic E-state index is 12.5. The van der Waals surface area contributed by atoms with Crippen LogP contribution in [0.4, 0.5) is 11.6 Å². The van der Waals surface area contributed by atoms with Crippen molar-refractivity contribution >= 4 is 17.5 Å². The van der Waals surface area contributed by atoms with Crippen LogP contribution >= 0.6 is 0 Å². The van der Waals surface area contributed by atoms with Crippen molar-refractivity contribution in [2.24, 2.45) is 0 Å². The monoisotopic (exact) mass is 372 g/mol. The first-order chi connectivity index (χ1) is 13.1. The van der Waals surface area contributed by atoms with E-state index >= 15 is 0 Å². The molecule has 1 aromatic carbocycles. The molecule has 0 unspecified atom stereocenters. The van der Waals surface area contributed by atoms with Crippen molar-refractivity contribution in [3.63, 3.8) is 0 Å². The summed E-state index contributed by atoms with van der Waals surface area (Å²) in [4.78, 5) is 29.4. The number of rotatable bonds is 6. The van der Waals surface area contributed by atoms with Crippen LogP contribution in [0.1, 0.15) is 16.2 Å². The fourth-order valence-electron chi connectivity index (χ4n) is 2.65. The van der Waals surface area contributed by atoms with Gasteiger partial charge in [0.2, 0.25) is 5.95 Å². The summed E-state index contributed by atoms with van der Waals surface area (Å²) in [7, 11) is 5.37. The highest BCUT2D eigenvalue weighted by Crippen LogP contribution is 2.15. The lowest BCUT2D eigenvalue weighted by atomic mass is 10.2. The van der Waals surface area contributed by atoms with E-state index in [1.165, 1.54) is 7.11 Å². The molecule has 0 bridgehead atoms. The Hall–Kier alpha value is -2.94. The predicted octanol–water partition coefficient (Wildman–Crippen LogP) is 0.713. The van der Waals surface area contributed by atoms with Crippen molar-refractivity contribution in [2.75, 3.05) is 57.3 Å². The number of nitrogens with one attached hydrogen (secondary N) is 1. The number of anilines is 2. The molecule has 1 fully saturated rings. The number of aromatic nitrogens is 3. The van der Waals surface area contributed by atoms with Crippen LogP contribution in [0.2, 0.25) is 0 Å². The molecule has 0 radical (unpaired) electrons. The number of carbonyl (C=O) groups excluding carboxylic acids is 1. The Morgan fingerprint density at radius 1 is 1.26 bits per heavy atom. The molecular formula is C18H24N6O3. The molecule has 0 atom stereocenters. The molecular weight excluding hydrogens is 348 g/mol. The third-order valence-electron chi connectivity index (χ3n) is 4.16. The minimum absolute atomic E-state index is 0.182. The Labute approximate surface area is 158 Å². The minimum atomic E-state index is -0.189. The molecule has 1 amide bonds. The van der Waals surface area contributed by atoms with E-state index in [1.807, 2.05) is 42.1 Å². The van der Waals surface area contributed by atoms with E-state index in [1.54, 1.807) is 6.07 Å². The van der Waals surface area contributed by atoms with Crippen LogP contribution in [0.3, 0.4) is 0 Å². The number of amides is 1. The van der Waals surface area contributed by atoms with Crippen LogP contribution in [0, 0.1) is 0 Å². The van der Waals surface area contributed by atoms with Crippen molar-refractivity contribution in [3.8, 4) is 6.01 Å². The van der Waals surface area contributed by atoms with Gasteiger partial charge in [0.15, 0.2) is 5.82 Å². The van der Waals surface area contributed by atoms with Crippen LogP contribution in [-0.2, 0) is 11.3 Å². The van der Waals surface area contributed by atoms with Gasteiger partial charge in [0.25, 0.3) is 5.91 Å². The average Bonchev–Trinajstić information content (AvgIpc) is 2.72. The maximum Gasteiger partial charge on any atom is 0.321 e. The summed E-state index contributed by atoms with van der Waals surface area (Å²) in [5, 5.41) is 2.85. The van der Waals surface area contributed by atoms with Crippen molar-refractivity contribution in [1.29, 1.82) is 0 Å². The summed E-state index contributed by atoms with van der Waals surface area (Å²) >= 11 is 0. The quantitative estimate of drug-likeness (QED) is 0.793. The van der Waals surface area contributed by atoms with Crippen molar-refractivity contribution in [1.82, 2.24) is 20.3 Å². The van der Waals surface area contributed by atoms with Crippen molar-refractivity contribution < 1.29 is 14.3 Å².